The fraction of sp³-hybridized carbons (Fsp3) is 0. The average Bonchev–Trinajstić information content (AvgIpc) is 2.68. The van der Waals surface area contributed by atoms with Gasteiger partial charge in [0.2, 0.25) is 5.78 Å². The van der Waals surface area contributed by atoms with E-state index in [1.807, 2.05) is 60.7 Å². The van der Waals surface area contributed by atoms with Crippen LogP contribution in [-0.4, -0.2) is 5.78 Å². The van der Waals surface area contributed by atoms with Gasteiger partial charge in [0.25, 0.3) is 0 Å². The summed E-state index contributed by atoms with van der Waals surface area (Å²) in [4.78, 5) is 12.1. The summed E-state index contributed by atoms with van der Waals surface area (Å²) in [7, 11) is 0. The first-order valence-corrected chi connectivity index (χ1v) is 5.52. The summed E-state index contributed by atoms with van der Waals surface area (Å²) in [5.74, 6) is 0.0597. The molecular formula is C15H11NO. The zero-order valence-corrected chi connectivity index (χ0v) is 9.18. The SMILES string of the molecule is O=C1C(=Cc2ccccc2)Nc2ccccc21. The maximum Gasteiger partial charge on any atom is 0.211 e. The van der Waals surface area contributed by atoms with Crippen molar-refractivity contribution in [1.82, 2.24) is 0 Å². The van der Waals surface area contributed by atoms with E-state index in [-0.39, 0.29) is 5.78 Å². The average molecular weight is 221 g/mol. The van der Waals surface area contributed by atoms with Crippen LogP contribution in [0.3, 0.4) is 0 Å². The second-order valence-corrected chi connectivity index (χ2v) is 3.97. The first-order valence-electron chi connectivity index (χ1n) is 5.52. The summed E-state index contributed by atoms with van der Waals surface area (Å²) in [6.45, 7) is 0. The number of fused-ring (bicyclic) bond motifs is 1. The highest BCUT2D eigenvalue weighted by atomic mass is 16.1. The molecule has 0 saturated carbocycles. The Morgan fingerprint density at radius 3 is 2.35 bits per heavy atom. The van der Waals surface area contributed by atoms with E-state index in [9.17, 15) is 4.79 Å². The smallest absolute Gasteiger partial charge is 0.211 e. The van der Waals surface area contributed by atoms with Crippen molar-refractivity contribution >= 4 is 17.5 Å². The van der Waals surface area contributed by atoms with Crippen molar-refractivity contribution in [2.45, 2.75) is 0 Å². The van der Waals surface area contributed by atoms with E-state index < -0.39 is 0 Å². The second-order valence-electron chi connectivity index (χ2n) is 3.97. The number of benzene rings is 2. The quantitative estimate of drug-likeness (QED) is 0.748. The molecule has 0 fully saturated rings. The number of carbonyl (C=O) groups excluding carboxylic acids is 1. The van der Waals surface area contributed by atoms with Gasteiger partial charge in [0.15, 0.2) is 0 Å². The predicted octanol–water partition coefficient (Wildman–Crippen LogP) is 3.34. The number of ketones is 1. The van der Waals surface area contributed by atoms with Gasteiger partial charge in [0.05, 0.1) is 5.70 Å². The van der Waals surface area contributed by atoms with Crippen LogP contribution in [0.1, 0.15) is 15.9 Å². The zero-order chi connectivity index (χ0) is 11.7. The van der Waals surface area contributed by atoms with Gasteiger partial charge in [-0.25, -0.2) is 0 Å². The lowest BCUT2D eigenvalue weighted by atomic mass is 10.1. The van der Waals surface area contributed by atoms with Crippen LogP contribution in [0.4, 0.5) is 5.69 Å². The van der Waals surface area contributed by atoms with Gasteiger partial charge in [-0.3, -0.25) is 4.79 Å². The zero-order valence-electron chi connectivity index (χ0n) is 9.18. The molecule has 1 aliphatic rings. The van der Waals surface area contributed by atoms with Crippen LogP contribution in [-0.2, 0) is 0 Å². The van der Waals surface area contributed by atoms with Gasteiger partial charge in [-0.05, 0) is 23.8 Å². The Morgan fingerprint density at radius 1 is 0.882 bits per heavy atom. The molecule has 17 heavy (non-hydrogen) atoms. The lowest BCUT2D eigenvalue weighted by Gasteiger charge is -1.98. The minimum atomic E-state index is 0.0597. The molecule has 0 atom stereocenters. The molecular weight excluding hydrogens is 210 g/mol. The number of anilines is 1. The molecule has 0 amide bonds. The number of para-hydroxylation sites is 1. The Bertz CT molecular complexity index is 599. The van der Waals surface area contributed by atoms with Crippen molar-refractivity contribution in [2.75, 3.05) is 5.32 Å². The largest absolute Gasteiger partial charge is 0.352 e. The molecule has 82 valence electrons. The van der Waals surface area contributed by atoms with Crippen LogP contribution in [0, 0.1) is 0 Å². The highest BCUT2D eigenvalue weighted by Gasteiger charge is 2.23. The normalized spacial score (nSPS) is 15.8. The molecule has 0 saturated heterocycles. The first kappa shape index (κ1) is 9.85. The van der Waals surface area contributed by atoms with Crippen molar-refractivity contribution in [3.63, 3.8) is 0 Å². The summed E-state index contributed by atoms with van der Waals surface area (Å²) in [5.41, 5.74) is 3.29. The van der Waals surface area contributed by atoms with E-state index in [1.165, 1.54) is 0 Å². The number of Topliss-reactive ketones (excluding diaryl/α,β-unsaturated/α-hetero) is 1. The van der Waals surface area contributed by atoms with Gasteiger partial charge in [-0.2, -0.15) is 0 Å². The third-order valence-corrected chi connectivity index (χ3v) is 2.80. The van der Waals surface area contributed by atoms with Crippen molar-refractivity contribution in [1.29, 1.82) is 0 Å². The monoisotopic (exact) mass is 221 g/mol. The standard InChI is InChI=1S/C15H11NO/c17-15-12-8-4-5-9-13(12)16-14(15)10-11-6-2-1-3-7-11/h1-10,16H. The third-order valence-electron chi connectivity index (χ3n) is 2.80. The minimum Gasteiger partial charge on any atom is -0.352 e. The Labute approximate surface area is 99.6 Å². The lowest BCUT2D eigenvalue weighted by molar-refractivity contribution is 0.104. The van der Waals surface area contributed by atoms with Gasteiger partial charge in [0.1, 0.15) is 0 Å². The molecule has 0 aliphatic carbocycles. The van der Waals surface area contributed by atoms with E-state index in [1.54, 1.807) is 0 Å². The Hall–Kier alpha value is -2.35. The van der Waals surface area contributed by atoms with Crippen LogP contribution < -0.4 is 5.32 Å². The van der Waals surface area contributed by atoms with Gasteiger partial charge in [-0.1, -0.05) is 42.5 Å². The molecule has 3 rings (SSSR count). The molecule has 2 nitrogen and oxygen atoms in total. The van der Waals surface area contributed by atoms with Crippen LogP contribution in [0.25, 0.3) is 6.08 Å². The number of hydrogen-bond donors (Lipinski definition) is 1. The molecule has 2 aromatic carbocycles. The lowest BCUT2D eigenvalue weighted by Crippen LogP contribution is -1.99. The molecule has 0 bridgehead atoms. The molecule has 0 aromatic heterocycles. The number of carbonyl (C=O) groups is 1. The topological polar surface area (TPSA) is 29.1 Å². The maximum absolute atomic E-state index is 12.1. The van der Waals surface area contributed by atoms with Gasteiger partial charge in [0, 0.05) is 11.3 Å². The highest BCUT2D eigenvalue weighted by Crippen LogP contribution is 2.28. The summed E-state index contributed by atoms with van der Waals surface area (Å²) < 4.78 is 0. The Morgan fingerprint density at radius 2 is 1.59 bits per heavy atom. The molecule has 0 spiro atoms. The van der Waals surface area contributed by atoms with E-state index in [0.29, 0.717) is 5.70 Å². The molecule has 1 aliphatic heterocycles. The van der Waals surface area contributed by atoms with Gasteiger partial charge >= 0.3 is 0 Å². The van der Waals surface area contributed by atoms with E-state index in [4.69, 9.17) is 0 Å². The Balaban J connectivity index is 2.00. The number of allylic oxidation sites excluding steroid dienone is 1. The Kier molecular flexibility index (Phi) is 2.26. The number of hydrogen-bond acceptors (Lipinski definition) is 2. The van der Waals surface area contributed by atoms with Crippen LogP contribution in [0.15, 0.2) is 60.3 Å². The molecule has 1 N–H and O–H groups in total. The fourth-order valence-electron chi connectivity index (χ4n) is 1.95. The first-order chi connectivity index (χ1) is 8.34. The van der Waals surface area contributed by atoms with E-state index in [0.717, 1.165) is 16.8 Å². The molecule has 0 radical (unpaired) electrons. The summed E-state index contributed by atoms with van der Waals surface area (Å²) in [6.07, 6.45) is 1.88. The van der Waals surface area contributed by atoms with Crippen LogP contribution in [0.5, 0.6) is 0 Å². The van der Waals surface area contributed by atoms with E-state index >= 15 is 0 Å². The maximum atomic E-state index is 12.1. The van der Waals surface area contributed by atoms with Crippen LogP contribution >= 0.6 is 0 Å². The summed E-state index contributed by atoms with van der Waals surface area (Å²) >= 11 is 0. The van der Waals surface area contributed by atoms with Crippen molar-refractivity contribution < 1.29 is 4.79 Å². The molecule has 0 unspecified atom stereocenters. The third kappa shape index (κ3) is 1.74. The van der Waals surface area contributed by atoms with Crippen molar-refractivity contribution in [3.05, 3.63) is 71.4 Å². The summed E-state index contributed by atoms with van der Waals surface area (Å²) in [6, 6.07) is 17.4. The van der Waals surface area contributed by atoms with Gasteiger partial charge < -0.3 is 5.32 Å². The molecule has 2 heteroatoms. The predicted molar refractivity (Wildman–Crippen MR) is 68.8 cm³/mol. The number of nitrogens with one attached hydrogen (secondary N) is 1. The minimum absolute atomic E-state index is 0.0597. The van der Waals surface area contributed by atoms with Gasteiger partial charge in [-0.15, -0.1) is 0 Å². The highest BCUT2D eigenvalue weighted by molar-refractivity contribution is 6.20. The van der Waals surface area contributed by atoms with E-state index in [2.05, 4.69) is 5.32 Å². The molecule has 1 heterocycles. The molecule has 2 aromatic rings. The van der Waals surface area contributed by atoms with Crippen molar-refractivity contribution in [2.24, 2.45) is 0 Å². The van der Waals surface area contributed by atoms with Crippen molar-refractivity contribution in [3.8, 4) is 0 Å². The van der Waals surface area contributed by atoms with Crippen LogP contribution in [0.2, 0.25) is 0 Å². The second kappa shape index (κ2) is 3.91. The summed E-state index contributed by atoms with van der Waals surface area (Å²) in [5, 5.41) is 3.14. The number of rotatable bonds is 1. The fourth-order valence-corrected chi connectivity index (χ4v) is 1.95.